The highest BCUT2D eigenvalue weighted by Crippen LogP contribution is 2.23. The van der Waals surface area contributed by atoms with Crippen molar-refractivity contribution in [3.63, 3.8) is 0 Å². The predicted molar refractivity (Wildman–Crippen MR) is 55.1 cm³/mol. The molecular formula is C10H9NO2S. The Morgan fingerprint density at radius 1 is 1.57 bits per heavy atom. The Kier molecular flexibility index (Phi) is 2.37. The predicted octanol–water partition coefficient (Wildman–Crippen LogP) is 2.32. The maximum Gasteiger partial charge on any atom is 0.204 e. The molecule has 0 radical (unpaired) electrons. The van der Waals surface area contributed by atoms with Crippen molar-refractivity contribution < 1.29 is 9.53 Å². The van der Waals surface area contributed by atoms with E-state index in [-0.39, 0.29) is 5.78 Å². The molecule has 0 atom stereocenters. The molecule has 0 aromatic carbocycles. The lowest BCUT2D eigenvalue weighted by molar-refractivity contribution is 0.104. The Morgan fingerprint density at radius 3 is 3.00 bits per heavy atom. The van der Waals surface area contributed by atoms with Crippen molar-refractivity contribution in [2.24, 2.45) is 0 Å². The maximum atomic E-state index is 11.8. The molecule has 0 aliphatic carbocycles. The summed E-state index contributed by atoms with van der Waals surface area (Å²) in [6.45, 7) is 0. The van der Waals surface area contributed by atoms with Crippen LogP contribution in [0.15, 0.2) is 29.9 Å². The van der Waals surface area contributed by atoms with Gasteiger partial charge in [-0.2, -0.15) is 0 Å². The number of aromatic amines is 1. The highest BCUT2D eigenvalue weighted by atomic mass is 32.1. The van der Waals surface area contributed by atoms with E-state index in [1.54, 1.807) is 31.6 Å². The van der Waals surface area contributed by atoms with Crippen molar-refractivity contribution in [2.75, 3.05) is 7.11 Å². The van der Waals surface area contributed by atoms with Gasteiger partial charge in [-0.1, -0.05) is 0 Å². The lowest BCUT2D eigenvalue weighted by atomic mass is 10.2. The Morgan fingerprint density at radius 2 is 2.43 bits per heavy atom. The van der Waals surface area contributed by atoms with Gasteiger partial charge in [0.15, 0.2) is 0 Å². The van der Waals surface area contributed by atoms with E-state index in [0.29, 0.717) is 10.4 Å². The molecule has 0 fully saturated rings. The van der Waals surface area contributed by atoms with Gasteiger partial charge in [0.1, 0.15) is 5.75 Å². The van der Waals surface area contributed by atoms with Gasteiger partial charge < -0.3 is 9.72 Å². The molecule has 72 valence electrons. The molecule has 0 aliphatic heterocycles. The van der Waals surface area contributed by atoms with Crippen LogP contribution in [0, 0.1) is 0 Å². The number of hydrogen-bond donors (Lipinski definition) is 1. The Bertz CT molecular complexity index is 431. The van der Waals surface area contributed by atoms with Gasteiger partial charge in [0.2, 0.25) is 5.78 Å². The fraction of sp³-hybridized carbons (Fsp3) is 0.100. The van der Waals surface area contributed by atoms with Gasteiger partial charge >= 0.3 is 0 Å². The summed E-state index contributed by atoms with van der Waals surface area (Å²) >= 11 is 1.39. The Balaban J connectivity index is 2.28. The average Bonchev–Trinajstić information content (AvgIpc) is 2.88. The normalized spacial score (nSPS) is 10.1. The van der Waals surface area contributed by atoms with Crippen LogP contribution in [0.5, 0.6) is 5.75 Å². The SMILES string of the molecule is COc1csc(C(=O)c2cc[nH]c2)c1. The van der Waals surface area contributed by atoms with Gasteiger partial charge in [-0.25, -0.2) is 0 Å². The molecular weight excluding hydrogens is 198 g/mol. The van der Waals surface area contributed by atoms with Gasteiger partial charge in [0, 0.05) is 29.4 Å². The number of aromatic nitrogens is 1. The third-order valence-corrected chi connectivity index (χ3v) is 2.80. The van der Waals surface area contributed by atoms with E-state index in [1.807, 2.05) is 5.38 Å². The van der Waals surface area contributed by atoms with Gasteiger partial charge in [-0.3, -0.25) is 4.79 Å². The van der Waals surface area contributed by atoms with Crippen molar-refractivity contribution in [3.05, 3.63) is 40.3 Å². The van der Waals surface area contributed by atoms with E-state index in [0.717, 1.165) is 5.75 Å². The first-order valence-corrected chi connectivity index (χ1v) is 4.99. The van der Waals surface area contributed by atoms with Crippen LogP contribution >= 0.6 is 11.3 Å². The molecule has 4 heteroatoms. The number of ether oxygens (including phenoxy) is 1. The summed E-state index contributed by atoms with van der Waals surface area (Å²) in [6.07, 6.45) is 3.42. The van der Waals surface area contributed by atoms with Gasteiger partial charge in [0.25, 0.3) is 0 Å². The molecule has 0 saturated heterocycles. The average molecular weight is 207 g/mol. The van der Waals surface area contributed by atoms with Crippen LogP contribution in [-0.2, 0) is 0 Å². The van der Waals surface area contributed by atoms with Crippen LogP contribution in [0.25, 0.3) is 0 Å². The zero-order valence-electron chi connectivity index (χ0n) is 7.61. The lowest BCUT2D eigenvalue weighted by Gasteiger charge is -1.92. The van der Waals surface area contributed by atoms with Crippen LogP contribution in [0.1, 0.15) is 15.2 Å². The molecule has 0 aliphatic rings. The van der Waals surface area contributed by atoms with E-state index in [9.17, 15) is 4.79 Å². The second-order valence-corrected chi connectivity index (χ2v) is 3.69. The zero-order valence-corrected chi connectivity index (χ0v) is 8.43. The third-order valence-electron chi connectivity index (χ3n) is 1.90. The number of hydrogen-bond acceptors (Lipinski definition) is 3. The second kappa shape index (κ2) is 3.67. The highest BCUT2D eigenvalue weighted by molar-refractivity contribution is 7.12. The molecule has 2 aromatic heterocycles. The molecule has 14 heavy (non-hydrogen) atoms. The highest BCUT2D eigenvalue weighted by Gasteiger charge is 2.11. The van der Waals surface area contributed by atoms with Crippen molar-refractivity contribution >= 4 is 17.1 Å². The summed E-state index contributed by atoms with van der Waals surface area (Å²) in [4.78, 5) is 15.3. The number of carbonyl (C=O) groups excluding carboxylic acids is 1. The van der Waals surface area contributed by atoms with Crippen LogP contribution < -0.4 is 4.74 Å². The molecule has 1 N–H and O–H groups in total. The first-order chi connectivity index (χ1) is 6.81. The summed E-state index contributed by atoms with van der Waals surface area (Å²) in [5.41, 5.74) is 0.675. The number of H-pyrrole nitrogens is 1. The summed E-state index contributed by atoms with van der Waals surface area (Å²) in [6, 6.07) is 3.51. The zero-order chi connectivity index (χ0) is 9.97. The number of thiophene rings is 1. The summed E-state index contributed by atoms with van der Waals surface area (Å²) < 4.78 is 5.01. The summed E-state index contributed by atoms with van der Waals surface area (Å²) in [5.74, 6) is 0.758. The number of carbonyl (C=O) groups is 1. The maximum absolute atomic E-state index is 11.8. The quantitative estimate of drug-likeness (QED) is 0.785. The van der Waals surface area contributed by atoms with Crippen molar-refractivity contribution in [1.29, 1.82) is 0 Å². The smallest absolute Gasteiger partial charge is 0.204 e. The Labute approximate surface area is 85.3 Å². The number of nitrogens with one attached hydrogen (secondary N) is 1. The topological polar surface area (TPSA) is 42.1 Å². The first kappa shape index (κ1) is 9.02. The monoisotopic (exact) mass is 207 g/mol. The van der Waals surface area contributed by atoms with E-state index >= 15 is 0 Å². The van der Waals surface area contributed by atoms with Crippen LogP contribution in [0.4, 0.5) is 0 Å². The first-order valence-electron chi connectivity index (χ1n) is 4.11. The molecule has 2 rings (SSSR count). The summed E-state index contributed by atoms with van der Waals surface area (Å²) in [7, 11) is 1.59. The standard InChI is InChI=1S/C10H9NO2S/c1-13-8-4-9(14-6-8)10(12)7-2-3-11-5-7/h2-6,11H,1H3. The minimum Gasteiger partial charge on any atom is -0.496 e. The molecule has 3 nitrogen and oxygen atoms in total. The van der Waals surface area contributed by atoms with Gasteiger partial charge in [-0.05, 0) is 6.07 Å². The van der Waals surface area contributed by atoms with Crippen LogP contribution in [0.3, 0.4) is 0 Å². The van der Waals surface area contributed by atoms with Crippen molar-refractivity contribution in [1.82, 2.24) is 4.98 Å². The number of methoxy groups -OCH3 is 1. The molecule has 0 saturated carbocycles. The Hall–Kier alpha value is -1.55. The third kappa shape index (κ3) is 1.56. The molecule has 0 amide bonds. The molecule has 0 unspecified atom stereocenters. The van der Waals surface area contributed by atoms with Gasteiger partial charge in [0.05, 0.1) is 12.0 Å². The fourth-order valence-electron chi connectivity index (χ4n) is 1.15. The molecule has 2 aromatic rings. The second-order valence-electron chi connectivity index (χ2n) is 2.78. The largest absolute Gasteiger partial charge is 0.496 e. The molecule has 0 bridgehead atoms. The fourth-order valence-corrected chi connectivity index (χ4v) is 1.97. The summed E-state index contributed by atoms with van der Waals surface area (Å²) in [5, 5.41) is 1.82. The number of ketones is 1. The van der Waals surface area contributed by atoms with Gasteiger partial charge in [-0.15, -0.1) is 11.3 Å². The minimum atomic E-state index is 0.0274. The van der Waals surface area contributed by atoms with Crippen molar-refractivity contribution in [2.45, 2.75) is 0 Å². The minimum absolute atomic E-state index is 0.0274. The van der Waals surface area contributed by atoms with E-state index in [2.05, 4.69) is 4.98 Å². The number of rotatable bonds is 3. The molecule has 0 spiro atoms. The molecule has 2 heterocycles. The van der Waals surface area contributed by atoms with Crippen LogP contribution in [0.2, 0.25) is 0 Å². The van der Waals surface area contributed by atoms with Crippen molar-refractivity contribution in [3.8, 4) is 5.75 Å². The van der Waals surface area contributed by atoms with E-state index in [1.165, 1.54) is 11.3 Å². The lowest BCUT2D eigenvalue weighted by Crippen LogP contribution is -1.95. The van der Waals surface area contributed by atoms with E-state index in [4.69, 9.17) is 4.74 Å². The van der Waals surface area contributed by atoms with Crippen LogP contribution in [-0.4, -0.2) is 17.9 Å². The van der Waals surface area contributed by atoms with E-state index < -0.39 is 0 Å².